The van der Waals surface area contributed by atoms with Gasteiger partial charge < -0.3 is 4.55 Å². The van der Waals surface area contributed by atoms with Crippen LogP contribution in [0, 0.1) is 0 Å². The molecule has 0 spiro atoms. The van der Waals surface area contributed by atoms with E-state index in [1.165, 1.54) is 0 Å². The number of alkyl halides is 2. The topological polar surface area (TPSA) is 40.1 Å². The number of hydrogen-bond acceptors (Lipinski definition) is 2. The molecule has 2 nitrogen and oxygen atoms in total. The van der Waals surface area contributed by atoms with Gasteiger partial charge in [0.25, 0.3) is 0 Å². The van der Waals surface area contributed by atoms with Gasteiger partial charge in [0.05, 0.1) is 0 Å². The molecule has 0 heterocycles. The van der Waals surface area contributed by atoms with Crippen LogP contribution < -0.4 is 0 Å². The highest BCUT2D eigenvalue weighted by atomic mass is 35.5. The van der Waals surface area contributed by atoms with Crippen molar-refractivity contribution in [1.82, 2.24) is 0 Å². The summed E-state index contributed by atoms with van der Waals surface area (Å²) in [5.41, 5.74) is 0. The van der Waals surface area contributed by atoms with Gasteiger partial charge in [0, 0.05) is 0 Å². The van der Waals surface area contributed by atoms with Crippen molar-refractivity contribution in [2.45, 2.75) is 4.17 Å². The average molecular weight is 148 g/mol. The fourth-order valence-corrected chi connectivity index (χ4v) is 0. The maximum Gasteiger partial charge on any atom is 0.168 e. The zero-order valence-corrected chi connectivity index (χ0v) is 4.89. The Balaban J connectivity index is 3.26. The van der Waals surface area contributed by atoms with E-state index in [4.69, 9.17) is 23.2 Å². The molecule has 0 aromatic heterocycles. The van der Waals surface area contributed by atoms with Gasteiger partial charge in [-0.05, 0) is 11.1 Å². The van der Waals surface area contributed by atoms with Crippen LogP contribution in [0.2, 0.25) is 0 Å². The van der Waals surface area contributed by atoms with E-state index in [9.17, 15) is 8.76 Å². The van der Waals surface area contributed by atoms with E-state index in [1.54, 1.807) is 0 Å². The lowest BCUT2D eigenvalue weighted by atomic mass is 11.9. The van der Waals surface area contributed by atoms with E-state index in [0.29, 0.717) is 0 Å². The fourth-order valence-electron chi connectivity index (χ4n) is 0. The molecule has 0 bridgehead atoms. The van der Waals surface area contributed by atoms with Gasteiger partial charge in [0.2, 0.25) is 0 Å². The van der Waals surface area contributed by atoms with Crippen LogP contribution in [0.15, 0.2) is 0 Å². The van der Waals surface area contributed by atoms with Crippen molar-refractivity contribution in [3.63, 3.8) is 0 Å². The average Bonchev–Trinajstić information content (AvgIpc) is 1.36. The van der Waals surface area contributed by atoms with Gasteiger partial charge in [-0.15, -0.1) is 0 Å². The van der Waals surface area contributed by atoms with Crippen LogP contribution in [0.4, 0.5) is 0 Å². The Morgan fingerprint density at radius 2 is 1.83 bits per heavy atom. The van der Waals surface area contributed by atoms with Crippen molar-refractivity contribution >= 4 is 34.3 Å². The molecule has 0 saturated carbocycles. The number of hydrogen-bond donors (Lipinski definition) is 0. The lowest BCUT2D eigenvalue weighted by Gasteiger charge is -2.00. The highest BCUT2D eigenvalue weighted by molar-refractivity contribution is 7.82. The molecule has 0 aliphatic carbocycles. The molecule has 0 radical (unpaired) electrons. The van der Waals surface area contributed by atoms with Crippen LogP contribution in [-0.4, -0.2) is 12.9 Å². The lowest BCUT2D eigenvalue weighted by Crippen LogP contribution is -1.95. The summed E-state index contributed by atoms with van der Waals surface area (Å²) in [6.07, 6.45) is 0. The summed E-state index contributed by atoms with van der Waals surface area (Å²) in [7, 11) is 0. The smallest absolute Gasteiger partial charge is 0.168 e. The fraction of sp³-hybridized carbons (Fsp3) is 1.00. The van der Waals surface area contributed by atoms with Crippen LogP contribution in [0.1, 0.15) is 0 Å². The Bertz CT molecular complexity index is 62.6. The maximum absolute atomic E-state index is 9.44. The van der Waals surface area contributed by atoms with Gasteiger partial charge in [0.15, 0.2) is 4.17 Å². The first-order chi connectivity index (χ1) is 2.64. The van der Waals surface area contributed by atoms with Crippen LogP contribution in [0.5, 0.6) is 0 Å². The molecular weight excluding hydrogens is 147 g/mol. The summed E-state index contributed by atoms with van der Waals surface area (Å²) in [4.78, 5) is 0. The predicted molar refractivity (Wildman–Crippen MR) is 24.4 cm³/mol. The molecule has 5 heteroatoms. The summed E-state index contributed by atoms with van der Waals surface area (Å²) >= 11 is 7.19. The lowest BCUT2D eigenvalue weighted by molar-refractivity contribution is 0.539. The van der Waals surface area contributed by atoms with Crippen LogP contribution in [0.3, 0.4) is 0 Å². The molecule has 0 fully saturated rings. The number of rotatable bonds is 1. The normalized spacial score (nSPS) is 15.3. The minimum atomic E-state index is -2.34. The van der Waals surface area contributed by atoms with Crippen LogP contribution in [-0.2, 0) is 11.1 Å². The zero-order valence-electron chi connectivity index (χ0n) is 2.56. The molecule has 0 saturated heterocycles. The quantitative estimate of drug-likeness (QED) is 0.404. The molecule has 0 aromatic rings. The minimum Gasteiger partial charge on any atom is -0.770 e. The van der Waals surface area contributed by atoms with Gasteiger partial charge in [0.1, 0.15) is 0 Å². The molecule has 0 amide bonds. The second kappa shape index (κ2) is 2.80. The molecule has 0 aliphatic rings. The maximum atomic E-state index is 9.44. The molecule has 0 rings (SSSR count). The monoisotopic (exact) mass is 147 g/mol. The van der Waals surface area contributed by atoms with E-state index in [-0.39, 0.29) is 0 Å². The molecule has 0 aromatic carbocycles. The summed E-state index contributed by atoms with van der Waals surface area (Å²) in [5, 5.41) is 0. The summed E-state index contributed by atoms with van der Waals surface area (Å²) in [6.45, 7) is 0. The van der Waals surface area contributed by atoms with Crippen molar-refractivity contribution in [1.29, 1.82) is 0 Å². The van der Waals surface area contributed by atoms with E-state index < -0.39 is 15.2 Å². The molecule has 0 N–H and O–H groups in total. The Kier molecular flexibility index (Phi) is 3.12. The van der Waals surface area contributed by atoms with E-state index in [1.807, 2.05) is 0 Å². The highest BCUT2D eigenvalue weighted by Gasteiger charge is 1.92. The van der Waals surface area contributed by atoms with Gasteiger partial charge in [-0.25, -0.2) is 0 Å². The largest absolute Gasteiger partial charge is 0.770 e. The van der Waals surface area contributed by atoms with Crippen molar-refractivity contribution in [2.75, 3.05) is 0 Å². The third-order valence-corrected chi connectivity index (χ3v) is 1.31. The third-order valence-electron chi connectivity index (χ3n) is 0.145. The standard InChI is InChI=1S/CH2Cl2O2S/c2-1(3)6(4)5/h1H,(H,4,5)/p-1. The van der Waals surface area contributed by atoms with E-state index in [0.717, 1.165) is 0 Å². The summed E-state index contributed by atoms with van der Waals surface area (Å²) in [5.74, 6) is 0. The number of halogens is 2. The van der Waals surface area contributed by atoms with Crippen molar-refractivity contribution in [3.8, 4) is 0 Å². The Morgan fingerprint density at radius 3 is 1.83 bits per heavy atom. The van der Waals surface area contributed by atoms with Crippen molar-refractivity contribution < 1.29 is 8.76 Å². The Morgan fingerprint density at radius 1 is 1.67 bits per heavy atom. The van der Waals surface area contributed by atoms with Crippen LogP contribution in [0.25, 0.3) is 0 Å². The second-order valence-corrected chi connectivity index (χ2v) is 3.13. The molecule has 1 atom stereocenters. The van der Waals surface area contributed by atoms with Crippen molar-refractivity contribution in [3.05, 3.63) is 0 Å². The van der Waals surface area contributed by atoms with Gasteiger partial charge in [-0.1, -0.05) is 23.2 Å². The first kappa shape index (κ1) is 6.69. The van der Waals surface area contributed by atoms with Crippen LogP contribution >= 0.6 is 23.2 Å². The van der Waals surface area contributed by atoms with E-state index in [2.05, 4.69) is 0 Å². The second-order valence-electron chi connectivity index (χ2n) is 0.521. The minimum absolute atomic E-state index is 1.29. The first-order valence-corrected chi connectivity index (χ1v) is 3.02. The molecule has 6 heavy (non-hydrogen) atoms. The van der Waals surface area contributed by atoms with Crippen molar-refractivity contribution in [2.24, 2.45) is 0 Å². The zero-order chi connectivity index (χ0) is 5.15. The Hall–Kier alpha value is 0.690. The van der Waals surface area contributed by atoms with Gasteiger partial charge >= 0.3 is 0 Å². The molecular formula is CHCl2O2S-. The van der Waals surface area contributed by atoms with Gasteiger partial charge in [-0.2, -0.15) is 0 Å². The first-order valence-electron chi connectivity index (χ1n) is 1.01. The molecule has 0 aliphatic heterocycles. The van der Waals surface area contributed by atoms with Gasteiger partial charge in [-0.3, -0.25) is 4.21 Å². The summed E-state index contributed by atoms with van der Waals surface area (Å²) < 4.78 is 17.6. The SMILES string of the molecule is O=S([O-])C(Cl)Cl. The highest BCUT2D eigenvalue weighted by Crippen LogP contribution is 2.02. The summed E-state index contributed by atoms with van der Waals surface area (Å²) in [6, 6.07) is 0. The molecule has 1 unspecified atom stereocenters. The Labute approximate surface area is 47.7 Å². The molecule has 38 valence electrons. The predicted octanol–water partition coefficient (Wildman–Crippen LogP) is 0.627. The third kappa shape index (κ3) is 2.90. The van der Waals surface area contributed by atoms with E-state index >= 15 is 0 Å².